The Morgan fingerprint density at radius 2 is 1.77 bits per heavy atom. The molecule has 0 aliphatic carbocycles. The molecule has 0 saturated carbocycles. The summed E-state index contributed by atoms with van der Waals surface area (Å²) in [7, 11) is 1.60. The van der Waals surface area contributed by atoms with Crippen molar-refractivity contribution in [3.8, 4) is 5.75 Å². The average Bonchev–Trinajstić information content (AvgIpc) is 2.46. The topological polar surface area (TPSA) is 75.6 Å². The van der Waals surface area contributed by atoms with Crippen molar-refractivity contribution in [3.05, 3.63) is 29.8 Å². The van der Waals surface area contributed by atoms with Gasteiger partial charge in [0.25, 0.3) is 0 Å². The standard InChI is InChI=1S/C17H25NO4/c1-11(2)9-15(17(20)21)18-16(19)10-12(3)13-5-7-14(22-4)8-6-13/h5-8,11-12,15H,9-10H2,1-4H3,(H,18,19)(H,20,21)/t12?,15-/m1/s1. The fourth-order valence-corrected chi connectivity index (χ4v) is 2.27. The summed E-state index contributed by atoms with van der Waals surface area (Å²) in [6, 6.07) is 6.71. The number of carboxylic acids is 1. The second kappa shape index (κ2) is 8.41. The van der Waals surface area contributed by atoms with E-state index in [1.54, 1.807) is 7.11 Å². The summed E-state index contributed by atoms with van der Waals surface area (Å²) in [6.45, 7) is 5.81. The van der Waals surface area contributed by atoms with Crippen LogP contribution in [0, 0.1) is 5.92 Å². The van der Waals surface area contributed by atoms with Gasteiger partial charge in [0, 0.05) is 6.42 Å². The van der Waals surface area contributed by atoms with E-state index < -0.39 is 12.0 Å². The third kappa shape index (κ3) is 5.76. The smallest absolute Gasteiger partial charge is 0.326 e. The first-order valence-corrected chi connectivity index (χ1v) is 7.49. The molecule has 0 radical (unpaired) electrons. The first-order valence-electron chi connectivity index (χ1n) is 7.49. The van der Waals surface area contributed by atoms with Crippen molar-refractivity contribution in [2.75, 3.05) is 7.11 Å². The van der Waals surface area contributed by atoms with Gasteiger partial charge in [-0.3, -0.25) is 4.79 Å². The lowest BCUT2D eigenvalue weighted by Crippen LogP contribution is -2.41. The molecule has 22 heavy (non-hydrogen) atoms. The Balaban J connectivity index is 2.60. The molecular formula is C17H25NO4. The molecule has 1 aromatic rings. The fraction of sp³-hybridized carbons (Fsp3) is 0.529. The zero-order valence-corrected chi connectivity index (χ0v) is 13.6. The molecule has 0 aromatic heterocycles. The molecule has 0 heterocycles. The van der Waals surface area contributed by atoms with E-state index in [9.17, 15) is 9.59 Å². The third-order valence-corrected chi connectivity index (χ3v) is 3.52. The zero-order valence-electron chi connectivity index (χ0n) is 13.6. The minimum Gasteiger partial charge on any atom is -0.497 e. The lowest BCUT2D eigenvalue weighted by Gasteiger charge is -2.18. The van der Waals surface area contributed by atoms with Gasteiger partial charge in [-0.1, -0.05) is 32.9 Å². The number of carboxylic acid groups (broad SMARTS) is 1. The highest BCUT2D eigenvalue weighted by atomic mass is 16.5. The van der Waals surface area contributed by atoms with E-state index in [4.69, 9.17) is 9.84 Å². The van der Waals surface area contributed by atoms with Gasteiger partial charge in [0.2, 0.25) is 5.91 Å². The van der Waals surface area contributed by atoms with E-state index in [1.165, 1.54) is 0 Å². The molecule has 0 saturated heterocycles. The maximum atomic E-state index is 12.0. The summed E-state index contributed by atoms with van der Waals surface area (Å²) in [5.74, 6) is -0.237. The monoisotopic (exact) mass is 307 g/mol. The second-order valence-electron chi connectivity index (χ2n) is 5.97. The van der Waals surface area contributed by atoms with Crippen molar-refractivity contribution < 1.29 is 19.4 Å². The Kier molecular flexibility index (Phi) is 6.89. The van der Waals surface area contributed by atoms with Crippen LogP contribution in [0.2, 0.25) is 0 Å². The van der Waals surface area contributed by atoms with Gasteiger partial charge in [0.1, 0.15) is 11.8 Å². The van der Waals surface area contributed by atoms with E-state index in [-0.39, 0.29) is 24.2 Å². The van der Waals surface area contributed by atoms with E-state index in [1.807, 2.05) is 45.0 Å². The molecule has 1 unspecified atom stereocenters. The summed E-state index contributed by atoms with van der Waals surface area (Å²) in [5.41, 5.74) is 1.02. The highest BCUT2D eigenvalue weighted by Gasteiger charge is 2.22. The molecule has 0 bridgehead atoms. The Morgan fingerprint density at radius 1 is 1.18 bits per heavy atom. The van der Waals surface area contributed by atoms with Gasteiger partial charge >= 0.3 is 5.97 Å². The number of ether oxygens (including phenoxy) is 1. The molecule has 5 nitrogen and oxygen atoms in total. The number of carbonyl (C=O) groups is 2. The lowest BCUT2D eigenvalue weighted by atomic mass is 9.96. The maximum Gasteiger partial charge on any atom is 0.326 e. The molecule has 122 valence electrons. The van der Waals surface area contributed by atoms with Crippen molar-refractivity contribution in [1.29, 1.82) is 0 Å². The number of benzene rings is 1. The minimum atomic E-state index is -0.987. The van der Waals surface area contributed by atoms with Gasteiger partial charge in [0.15, 0.2) is 0 Å². The first-order chi connectivity index (χ1) is 10.3. The van der Waals surface area contributed by atoms with E-state index in [2.05, 4.69) is 5.32 Å². The van der Waals surface area contributed by atoms with E-state index >= 15 is 0 Å². The highest BCUT2D eigenvalue weighted by molar-refractivity contribution is 5.83. The molecule has 1 rings (SSSR count). The third-order valence-electron chi connectivity index (χ3n) is 3.52. The number of aliphatic carboxylic acids is 1. The van der Waals surface area contributed by atoms with Crippen LogP contribution >= 0.6 is 0 Å². The second-order valence-corrected chi connectivity index (χ2v) is 5.97. The average molecular weight is 307 g/mol. The molecule has 0 aliphatic rings. The van der Waals surface area contributed by atoms with Crippen LogP contribution in [0.15, 0.2) is 24.3 Å². The van der Waals surface area contributed by atoms with Gasteiger partial charge in [-0.2, -0.15) is 0 Å². The van der Waals surface area contributed by atoms with E-state index in [0.29, 0.717) is 6.42 Å². The van der Waals surface area contributed by atoms with Crippen molar-refractivity contribution in [1.82, 2.24) is 5.32 Å². The number of methoxy groups -OCH3 is 1. The Hall–Kier alpha value is -2.04. The summed E-state index contributed by atoms with van der Waals surface area (Å²) in [4.78, 5) is 23.2. The van der Waals surface area contributed by atoms with Gasteiger partial charge < -0.3 is 15.2 Å². The molecule has 0 aliphatic heterocycles. The molecule has 2 atom stereocenters. The Bertz CT molecular complexity index is 496. The van der Waals surface area contributed by atoms with Crippen LogP contribution in [0.25, 0.3) is 0 Å². The molecule has 1 aromatic carbocycles. The van der Waals surface area contributed by atoms with Gasteiger partial charge in [-0.15, -0.1) is 0 Å². The predicted molar refractivity (Wildman–Crippen MR) is 85.0 cm³/mol. The van der Waals surface area contributed by atoms with Crippen LogP contribution in [0.4, 0.5) is 0 Å². The molecule has 0 spiro atoms. The van der Waals surface area contributed by atoms with Crippen molar-refractivity contribution in [2.45, 2.75) is 45.6 Å². The first kappa shape index (κ1) is 18.0. The Morgan fingerprint density at radius 3 is 2.23 bits per heavy atom. The number of rotatable bonds is 8. The van der Waals surface area contributed by atoms with Crippen molar-refractivity contribution >= 4 is 11.9 Å². The number of nitrogens with one attached hydrogen (secondary N) is 1. The molecule has 5 heteroatoms. The highest BCUT2D eigenvalue weighted by Crippen LogP contribution is 2.22. The SMILES string of the molecule is COc1ccc(C(C)CC(=O)N[C@H](CC(C)C)C(=O)O)cc1. The van der Waals surface area contributed by atoms with E-state index in [0.717, 1.165) is 11.3 Å². The predicted octanol–water partition coefficient (Wildman–Crippen LogP) is 2.80. The normalized spacial score (nSPS) is 13.5. The molecular weight excluding hydrogens is 282 g/mol. The zero-order chi connectivity index (χ0) is 16.7. The summed E-state index contributed by atoms with van der Waals surface area (Å²) >= 11 is 0. The van der Waals surface area contributed by atoms with Crippen LogP contribution in [-0.2, 0) is 9.59 Å². The van der Waals surface area contributed by atoms with Gasteiger partial charge in [-0.25, -0.2) is 4.79 Å². The van der Waals surface area contributed by atoms with Crippen LogP contribution in [-0.4, -0.2) is 30.1 Å². The maximum absolute atomic E-state index is 12.0. The van der Waals surface area contributed by atoms with Crippen LogP contribution < -0.4 is 10.1 Å². The fourth-order valence-electron chi connectivity index (χ4n) is 2.27. The molecule has 0 fully saturated rings. The number of amides is 1. The Labute approximate surface area is 131 Å². The lowest BCUT2D eigenvalue weighted by molar-refractivity contribution is -0.142. The molecule has 1 amide bonds. The van der Waals surface area contributed by atoms with Crippen molar-refractivity contribution in [2.24, 2.45) is 5.92 Å². The summed E-state index contributed by atoms with van der Waals surface area (Å²) in [6.07, 6.45) is 0.687. The quantitative estimate of drug-likeness (QED) is 0.774. The largest absolute Gasteiger partial charge is 0.497 e. The van der Waals surface area contributed by atoms with Gasteiger partial charge in [0.05, 0.1) is 7.11 Å². The van der Waals surface area contributed by atoms with Crippen LogP contribution in [0.3, 0.4) is 0 Å². The van der Waals surface area contributed by atoms with Crippen molar-refractivity contribution in [3.63, 3.8) is 0 Å². The molecule has 2 N–H and O–H groups in total. The van der Waals surface area contributed by atoms with Crippen LogP contribution in [0.1, 0.15) is 45.1 Å². The summed E-state index contributed by atoms with van der Waals surface area (Å²) in [5, 5.41) is 11.8. The number of carbonyl (C=O) groups excluding carboxylic acids is 1. The number of hydrogen-bond acceptors (Lipinski definition) is 3. The number of hydrogen-bond donors (Lipinski definition) is 2. The van der Waals surface area contributed by atoms with Crippen LogP contribution in [0.5, 0.6) is 5.75 Å². The van der Waals surface area contributed by atoms with Gasteiger partial charge in [-0.05, 0) is 36.0 Å². The summed E-state index contributed by atoms with van der Waals surface area (Å²) < 4.78 is 5.10. The minimum absolute atomic E-state index is 0.0133.